The molecule has 1 amide bonds. The summed E-state index contributed by atoms with van der Waals surface area (Å²) in [5.74, 6) is 1.40. The maximum Gasteiger partial charge on any atom is 0.228 e. The van der Waals surface area contributed by atoms with E-state index in [1.807, 2.05) is 30.3 Å². The standard InChI is InChI=1S/C24H29N3O3/c1-3-26(4-2)11-12-27-10-9-19-17-20(6-7-21(19)27)25-24(28)16-18-5-8-22-23(15-18)30-14-13-29-22/h5-10,15,17H,3-4,11-14,16H2,1-2H3,(H,25,28). The van der Waals surface area contributed by atoms with E-state index in [0.29, 0.717) is 25.4 Å². The lowest BCUT2D eigenvalue weighted by Crippen LogP contribution is -2.26. The molecule has 1 aliphatic rings. The summed E-state index contributed by atoms with van der Waals surface area (Å²) in [6, 6.07) is 13.8. The molecule has 158 valence electrons. The van der Waals surface area contributed by atoms with Gasteiger partial charge in [0.15, 0.2) is 11.5 Å². The number of rotatable bonds is 8. The molecule has 0 bridgehead atoms. The lowest BCUT2D eigenvalue weighted by molar-refractivity contribution is -0.115. The van der Waals surface area contributed by atoms with Crippen LogP contribution in [0.5, 0.6) is 11.5 Å². The fourth-order valence-corrected chi connectivity index (χ4v) is 3.85. The molecule has 0 spiro atoms. The number of ether oxygens (including phenoxy) is 2. The number of nitrogens with zero attached hydrogens (tertiary/aromatic N) is 2. The summed E-state index contributed by atoms with van der Waals surface area (Å²) < 4.78 is 13.4. The highest BCUT2D eigenvalue weighted by Crippen LogP contribution is 2.31. The van der Waals surface area contributed by atoms with Gasteiger partial charge in [-0.25, -0.2) is 0 Å². The molecule has 0 unspecified atom stereocenters. The van der Waals surface area contributed by atoms with E-state index in [4.69, 9.17) is 9.47 Å². The molecule has 6 heteroatoms. The summed E-state index contributed by atoms with van der Waals surface area (Å²) in [6.07, 6.45) is 2.41. The molecule has 4 rings (SSSR count). The van der Waals surface area contributed by atoms with Gasteiger partial charge in [-0.05, 0) is 55.1 Å². The Kier molecular flexibility index (Phi) is 6.23. The van der Waals surface area contributed by atoms with Crippen LogP contribution in [0.1, 0.15) is 19.4 Å². The molecule has 2 aromatic carbocycles. The fraction of sp³-hybridized carbons (Fsp3) is 0.375. The SMILES string of the molecule is CCN(CC)CCn1ccc2cc(NC(=O)Cc3ccc4c(c3)OCCO4)ccc21. The minimum Gasteiger partial charge on any atom is -0.486 e. The number of fused-ring (bicyclic) bond motifs is 2. The first-order chi connectivity index (χ1) is 14.7. The molecule has 0 aliphatic carbocycles. The van der Waals surface area contributed by atoms with Crippen LogP contribution in [0, 0.1) is 0 Å². The number of hydrogen-bond donors (Lipinski definition) is 1. The zero-order chi connectivity index (χ0) is 20.9. The average Bonchev–Trinajstić information content (AvgIpc) is 3.16. The second-order valence-electron chi connectivity index (χ2n) is 7.51. The number of carbonyl (C=O) groups is 1. The van der Waals surface area contributed by atoms with Crippen LogP contribution in [0.4, 0.5) is 5.69 Å². The van der Waals surface area contributed by atoms with E-state index in [0.717, 1.165) is 48.6 Å². The van der Waals surface area contributed by atoms with Crippen molar-refractivity contribution >= 4 is 22.5 Å². The third kappa shape index (κ3) is 4.60. The van der Waals surface area contributed by atoms with Crippen LogP contribution in [0.15, 0.2) is 48.7 Å². The molecule has 1 aromatic heterocycles. The summed E-state index contributed by atoms with van der Waals surface area (Å²) in [5, 5.41) is 4.14. The van der Waals surface area contributed by atoms with Crippen LogP contribution in [0.3, 0.4) is 0 Å². The number of anilines is 1. The summed E-state index contributed by atoms with van der Waals surface area (Å²) in [7, 11) is 0. The lowest BCUT2D eigenvalue weighted by atomic mass is 10.1. The van der Waals surface area contributed by atoms with Gasteiger partial charge in [0, 0.05) is 35.9 Å². The number of amides is 1. The monoisotopic (exact) mass is 407 g/mol. The molecule has 0 atom stereocenters. The minimum atomic E-state index is -0.0491. The zero-order valence-electron chi connectivity index (χ0n) is 17.7. The molecule has 6 nitrogen and oxygen atoms in total. The molecule has 30 heavy (non-hydrogen) atoms. The smallest absolute Gasteiger partial charge is 0.228 e. The second kappa shape index (κ2) is 9.22. The van der Waals surface area contributed by atoms with Crippen molar-refractivity contribution in [2.24, 2.45) is 0 Å². The molecular weight excluding hydrogens is 378 g/mol. The van der Waals surface area contributed by atoms with Crippen molar-refractivity contribution in [1.29, 1.82) is 0 Å². The number of aromatic nitrogens is 1. The Labute approximate surface area is 177 Å². The average molecular weight is 408 g/mol. The number of hydrogen-bond acceptors (Lipinski definition) is 4. The Morgan fingerprint density at radius 1 is 1.03 bits per heavy atom. The predicted molar refractivity (Wildman–Crippen MR) is 119 cm³/mol. The van der Waals surface area contributed by atoms with Gasteiger partial charge >= 0.3 is 0 Å². The van der Waals surface area contributed by atoms with E-state index in [1.54, 1.807) is 0 Å². The molecule has 0 fully saturated rings. The van der Waals surface area contributed by atoms with E-state index in [9.17, 15) is 4.79 Å². The molecule has 3 aromatic rings. The van der Waals surface area contributed by atoms with Gasteiger partial charge in [-0.15, -0.1) is 0 Å². The van der Waals surface area contributed by atoms with Crippen LogP contribution in [-0.4, -0.2) is 48.2 Å². The Bertz CT molecular complexity index is 1020. The van der Waals surface area contributed by atoms with Crippen molar-refractivity contribution in [2.75, 3.05) is 38.2 Å². The first kappa shape index (κ1) is 20.3. The molecule has 1 N–H and O–H groups in total. The summed E-state index contributed by atoms with van der Waals surface area (Å²) in [4.78, 5) is 15.0. The number of carbonyl (C=O) groups excluding carboxylic acids is 1. The quantitative estimate of drug-likeness (QED) is 0.615. The second-order valence-corrected chi connectivity index (χ2v) is 7.51. The Hall–Kier alpha value is -2.99. The van der Waals surface area contributed by atoms with Crippen LogP contribution < -0.4 is 14.8 Å². The Morgan fingerprint density at radius 3 is 2.63 bits per heavy atom. The van der Waals surface area contributed by atoms with E-state index >= 15 is 0 Å². The van der Waals surface area contributed by atoms with Crippen LogP contribution >= 0.6 is 0 Å². The molecule has 1 aliphatic heterocycles. The van der Waals surface area contributed by atoms with Gasteiger partial charge in [0.25, 0.3) is 0 Å². The van der Waals surface area contributed by atoms with Gasteiger partial charge in [-0.3, -0.25) is 4.79 Å². The first-order valence-electron chi connectivity index (χ1n) is 10.7. The molecule has 2 heterocycles. The van der Waals surface area contributed by atoms with Gasteiger partial charge < -0.3 is 24.3 Å². The first-order valence-corrected chi connectivity index (χ1v) is 10.7. The minimum absolute atomic E-state index is 0.0491. The van der Waals surface area contributed by atoms with Gasteiger partial charge in [0.1, 0.15) is 13.2 Å². The number of nitrogens with one attached hydrogen (secondary N) is 1. The topological polar surface area (TPSA) is 55.7 Å². The van der Waals surface area contributed by atoms with Crippen LogP contribution in [0.2, 0.25) is 0 Å². The van der Waals surface area contributed by atoms with E-state index in [1.165, 1.54) is 5.52 Å². The third-order valence-electron chi connectivity index (χ3n) is 5.58. The highest BCUT2D eigenvalue weighted by molar-refractivity contribution is 5.95. The molecule has 0 radical (unpaired) electrons. The fourth-order valence-electron chi connectivity index (χ4n) is 3.85. The number of likely N-dealkylation sites (N-methyl/N-ethyl adjacent to an activating group) is 1. The van der Waals surface area contributed by atoms with Crippen molar-refractivity contribution in [3.8, 4) is 11.5 Å². The maximum atomic E-state index is 12.5. The molecular formula is C24H29N3O3. The Balaban J connectivity index is 1.39. The van der Waals surface area contributed by atoms with E-state index in [2.05, 4.69) is 47.0 Å². The van der Waals surface area contributed by atoms with Gasteiger partial charge in [0.05, 0.1) is 6.42 Å². The molecule has 0 saturated heterocycles. The largest absolute Gasteiger partial charge is 0.486 e. The highest BCUT2D eigenvalue weighted by atomic mass is 16.6. The van der Waals surface area contributed by atoms with Crippen molar-refractivity contribution in [2.45, 2.75) is 26.8 Å². The summed E-state index contributed by atoms with van der Waals surface area (Å²) >= 11 is 0. The Morgan fingerprint density at radius 2 is 1.83 bits per heavy atom. The zero-order valence-corrected chi connectivity index (χ0v) is 17.7. The maximum absolute atomic E-state index is 12.5. The summed E-state index contributed by atoms with van der Waals surface area (Å²) in [5.41, 5.74) is 2.90. The van der Waals surface area contributed by atoms with Gasteiger partial charge in [-0.2, -0.15) is 0 Å². The highest BCUT2D eigenvalue weighted by Gasteiger charge is 2.13. The van der Waals surface area contributed by atoms with Crippen molar-refractivity contribution in [1.82, 2.24) is 9.47 Å². The predicted octanol–water partition coefficient (Wildman–Crippen LogP) is 3.94. The van der Waals surface area contributed by atoms with Crippen molar-refractivity contribution in [3.63, 3.8) is 0 Å². The van der Waals surface area contributed by atoms with Crippen LogP contribution in [-0.2, 0) is 17.8 Å². The number of benzene rings is 2. The normalized spacial score (nSPS) is 13.0. The summed E-state index contributed by atoms with van der Waals surface area (Å²) in [6.45, 7) is 9.61. The van der Waals surface area contributed by atoms with Gasteiger partial charge in [-0.1, -0.05) is 19.9 Å². The van der Waals surface area contributed by atoms with Gasteiger partial charge in [0.2, 0.25) is 5.91 Å². The third-order valence-corrected chi connectivity index (χ3v) is 5.58. The molecule has 0 saturated carbocycles. The van der Waals surface area contributed by atoms with Crippen molar-refractivity contribution < 1.29 is 14.3 Å². The van der Waals surface area contributed by atoms with Crippen molar-refractivity contribution in [3.05, 3.63) is 54.2 Å². The van der Waals surface area contributed by atoms with Crippen LogP contribution in [0.25, 0.3) is 10.9 Å². The van der Waals surface area contributed by atoms with E-state index in [-0.39, 0.29) is 5.91 Å². The van der Waals surface area contributed by atoms with E-state index < -0.39 is 0 Å². The lowest BCUT2D eigenvalue weighted by Gasteiger charge is -2.19.